The van der Waals surface area contributed by atoms with Gasteiger partial charge in [-0.1, -0.05) is 36.7 Å². The molecule has 1 heterocycles. The number of benzene rings is 1. The van der Waals surface area contributed by atoms with E-state index in [1.165, 1.54) is 0 Å². The molecule has 94 valence electrons. The fraction of sp³-hybridized carbons (Fsp3) is 0.250. The Hall–Kier alpha value is -1.88. The summed E-state index contributed by atoms with van der Waals surface area (Å²) in [5, 5.41) is 9.89. The summed E-state index contributed by atoms with van der Waals surface area (Å²) in [6.45, 7) is 2.29. The lowest BCUT2D eigenvalue weighted by molar-refractivity contribution is 0.0941. The number of H-pyrrole nitrogens is 1. The van der Waals surface area contributed by atoms with Crippen LogP contribution in [-0.2, 0) is 13.0 Å². The molecule has 0 radical (unpaired) electrons. The molecule has 6 heteroatoms. The summed E-state index contributed by atoms with van der Waals surface area (Å²) in [4.78, 5) is 15.8. The van der Waals surface area contributed by atoms with Crippen molar-refractivity contribution in [3.63, 3.8) is 0 Å². The second kappa shape index (κ2) is 5.64. The molecule has 0 spiro atoms. The highest BCUT2D eigenvalue weighted by molar-refractivity contribution is 6.31. The first-order valence-electron chi connectivity index (χ1n) is 5.63. The summed E-state index contributed by atoms with van der Waals surface area (Å²) in [6, 6.07) is 7.36. The number of aryl methyl sites for hydroxylation is 1. The van der Waals surface area contributed by atoms with Gasteiger partial charge in [0.25, 0.3) is 5.91 Å². The van der Waals surface area contributed by atoms with E-state index in [9.17, 15) is 4.79 Å². The molecule has 1 amide bonds. The number of rotatable bonds is 4. The maximum absolute atomic E-state index is 11.8. The van der Waals surface area contributed by atoms with Crippen LogP contribution in [0.25, 0.3) is 0 Å². The van der Waals surface area contributed by atoms with Gasteiger partial charge in [-0.15, -0.1) is 5.10 Å². The van der Waals surface area contributed by atoms with Crippen molar-refractivity contribution < 1.29 is 4.79 Å². The van der Waals surface area contributed by atoms with E-state index in [-0.39, 0.29) is 11.7 Å². The lowest BCUT2D eigenvalue weighted by Crippen LogP contribution is -2.24. The molecule has 5 nitrogen and oxygen atoms in total. The molecule has 0 aliphatic heterocycles. The zero-order chi connectivity index (χ0) is 13.0. The van der Waals surface area contributed by atoms with Crippen molar-refractivity contribution in [2.45, 2.75) is 19.9 Å². The summed E-state index contributed by atoms with van der Waals surface area (Å²) in [5.41, 5.74) is 0.860. The van der Waals surface area contributed by atoms with Gasteiger partial charge in [0.05, 0.1) is 0 Å². The van der Waals surface area contributed by atoms with Crippen molar-refractivity contribution in [1.29, 1.82) is 0 Å². The summed E-state index contributed by atoms with van der Waals surface area (Å²) in [5.74, 6) is 0.530. The Balaban J connectivity index is 1.98. The molecule has 0 fully saturated rings. The third-order valence-electron chi connectivity index (χ3n) is 2.47. The number of hydrogen-bond donors (Lipinski definition) is 2. The minimum Gasteiger partial charge on any atom is -0.345 e. The summed E-state index contributed by atoms with van der Waals surface area (Å²) >= 11 is 5.99. The molecule has 0 saturated carbocycles. The van der Waals surface area contributed by atoms with Crippen molar-refractivity contribution in [2.24, 2.45) is 0 Å². The summed E-state index contributed by atoms with van der Waals surface area (Å²) in [6.07, 6.45) is 0.713. The molecule has 18 heavy (non-hydrogen) atoms. The molecule has 0 bridgehead atoms. The van der Waals surface area contributed by atoms with Gasteiger partial charge in [-0.05, 0) is 11.6 Å². The monoisotopic (exact) mass is 264 g/mol. The molecule has 0 unspecified atom stereocenters. The van der Waals surface area contributed by atoms with Gasteiger partial charge in [0.1, 0.15) is 5.82 Å². The third kappa shape index (κ3) is 2.87. The fourth-order valence-electron chi connectivity index (χ4n) is 1.45. The number of nitrogens with one attached hydrogen (secondary N) is 2. The molecule has 0 aliphatic rings. The van der Waals surface area contributed by atoms with Gasteiger partial charge in [0.2, 0.25) is 5.82 Å². The van der Waals surface area contributed by atoms with Gasteiger partial charge in [0, 0.05) is 18.0 Å². The second-order valence-electron chi connectivity index (χ2n) is 3.73. The Morgan fingerprint density at radius 3 is 2.89 bits per heavy atom. The molecule has 1 aromatic heterocycles. The van der Waals surface area contributed by atoms with Crippen LogP contribution in [0.5, 0.6) is 0 Å². The lowest BCUT2D eigenvalue weighted by Gasteiger charge is -2.04. The smallest absolute Gasteiger partial charge is 0.291 e. The van der Waals surface area contributed by atoms with E-state index >= 15 is 0 Å². The highest BCUT2D eigenvalue weighted by Gasteiger charge is 2.11. The van der Waals surface area contributed by atoms with Gasteiger partial charge >= 0.3 is 0 Å². The zero-order valence-electron chi connectivity index (χ0n) is 9.90. The molecular formula is C12H13ClN4O. The number of amides is 1. The number of aromatic nitrogens is 3. The van der Waals surface area contributed by atoms with Crippen LogP contribution in [0.3, 0.4) is 0 Å². The molecule has 2 rings (SSSR count). The van der Waals surface area contributed by atoms with Gasteiger partial charge in [-0.3, -0.25) is 9.89 Å². The number of aromatic amines is 1. The van der Waals surface area contributed by atoms with Crippen LogP contribution in [-0.4, -0.2) is 21.1 Å². The molecule has 0 saturated heterocycles. The van der Waals surface area contributed by atoms with E-state index in [1.807, 2.05) is 25.1 Å². The summed E-state index contributed by atoms with van der Waals surface area (Å²) in [7, 11) is 0. The number of hydrogen-bond acceptors (Lipinski definition) is 3. The highest BCUT2D eigenvalue weighted by Crippen LogP contribution is 2.14. The van der Waals surface area contributed by atoms with E-state index in [1.54, 1.807) is 6.07 Å². The van der Waals surface area contributed by atoms with E-state index in [4.69, 9.17) is 11.6 Å². The van der Waals surface area contributed by atoms with E-state index in [2.05, 4.69) is 20.5 Å². The van der Waals surface area contributed by atoms with Crippen LogP contribution in [0.15, 0.2) is 24.3 Å². The first kappa shape index (κ1) is 12.6. The first-order chi connectivity index (χ1) is 8.70. The van der Waals surface area contributed by atoms with Crippen molar-refractivity contribution in [3.8, 4) is 0 Å². The Morgan fingerprint density at radius 2 is 2.22 bits per heavy atom. The van der Waals surface area contributed by atoms with Gasteiger partial charge in [-0.2, -0.15) is 0 Å². The molecule has 2 N–H and O–H groups in total. The second-order valence-corrected chi connectivity index (χ2v) is 4.14. The SMILES string of the molecule is CCc1nc(C(=O)NCc2ccccc2Cl)n[nH]1. The van der Waals surface area contributed by atoms with Gasteiger partial charge in [-0.25, -0.2) is 4.98 Å². The van der Waals surface area contributed by atoms with E-state index < -0.39 is 0 Å². The zero-order valence-corrected chi connectivity index (χ0v) is 10.7. The maximum atomic E-state index is 11.8. The Morgan fingerprint density at radius 1 is 1.44 bits per heavy atom. The average molecular weight is 265 g/mol. The first-order valence-corrected chi connectivity index (χ1v) is 6.01. The fourth-order valence-corrected chi connectivity index (χ4v) is 1.65. The predicted octanol–water partition coefficient (Wildman–Crippen LogP) is 1.95. The standard InChI is InChI=1S/C12H13ClN4O/c1-2-10-15-11(17-16-10)12(18)14-7-8-5-3-4-6-9(8)13/h3-6H,2,7H2,1H3,(H,14,18)(H,15,16,17). The van der Waals surface area contributed by atoms with Crippen LogP contribution in [0.1, 0.15) is 28.9 Å². The third-order valence-corrected chi connectivity index (χ3v) is 2.84. The molecule has 2 aromatic rings. The van der Waals surface area contributed by atoms with Crippen molar-refractivity contribution >= 4 is 17.5 Å². The highest BCUT2D eigenvalue weighted by atomic mass is 35.5. The normalized spacial score (nSPS) is 10.3. The van der Waals surface area contributed by atoms with Gasteiger partial charge < -0.3 is 5.32 Å². The van der Waals surface area contributed by atoms with E-state index in [0.29, 0.717) is 23.8 Å². The Kier molecular flexibility index (Phi) is 3.94. The van der Waals surface area contributed by atoms with Crippen LogP contribution in [0, 0.1) is 0 Å². The number of nitrogens with zero attached hydrogens (tertiary/aromatic N) is 2. The number of halogens is 1. The largest absolute Gasteiger partial charge is 0.345 e. The number of carbonyl (C=O) groups is 1. The Labute approximate surface area is 110 Å². The molecular weight excluding hydrogens is 252 g/mol. The molecule has 0 atom stereocenters. The number of carbonyl (C=O) groups excluding carboxylic acids is 1. The maximum Gasteiger partial charge on any atom is 0.291 e. The van der Waals surface area contributed by atoms with Crippen molar-refractivity contribution in [3.05, 3.63) is 46.5 Å². The van der Waals surface area contributed by atoms with Crippen LogP contribution >= 0.6 is 11.6 Å². The van der Waals surface area contributed by atoms with Crippen LogP contribution in [0.2, 0.25) is 5.02 Å². The van der Waals surface area contributed by atoms with Crippen molar-refractivity contribution in [2.75, 3.05) is 0 Å². The Bertz CT molecular complexity index is 553. The lowest BCUT2D eigenvalue weighted by atomic mass is 10.2. The minimum atomic E-state index is -0.314. The van der Waals surface area contributed by atoms with Crippen LogP contribution in [0.4, 0.5) is 0 Å². The predicted molar refractivity (Wildman–Crippen MR) is 68.4 cm³/mol. The van der Waals surface area contributed by atoms with Crippen molar-refractivity contribution in [1.82, 2.24) is 20.5 Å². The van der Waals surface area contributed by atoms with Crippen LogP contribution < -0.4 is 5.32 Å². The average Bonchev–Trinajstić information content (AvgIpc) is 2.86. The quantitative estimate of drug-likeness (QED) is 0.887. The van der Waals surface area contributed by atoms with E-state index in [0.717, 1.165) is 5.56 Å². The minimum absolute atomic E-state index is 0.152. The summed E-state index contributed by atoms with van der Waals surface area (Å²) < 4.78 is 0. The molecule has 1 aromatic carbocycles. The molecule has 0 aliphatic carbocycles. The topological polar surface area (TPSA) is 70.7 Å². The van der Waals surface area contributed by atoms with Gasteiger partial charge in [0.15, 0.2) is 0 Å².